The molecule has 1 N–H and O–H groups in total. The number of ether oxygens (including phenoxy) is 1. The number of epoxide rings is 1. The minimum atomic E-state index is -3.72. The molecule has 5 heteroatoms. The Morgan fingerprint density at radius 2 is 1.53 bits per heavy atom. The zero-order valence-electron chi connectivity index (χ0n) is 9.44. The van der Waals surface area contributed by atoms with Crippen LogP contribution in [-0.4, -0.2) is 31.9 Å². The van der Waals surface area contributed by atoms with Crippen LogP contribution in [0.5, 0.6) is 0 Å². The predicted octanol–water partition coefficient (Wildman–Crippen LogP) is 2.25. The SMILES string of the molecule is C1CO1.CCCCCCCCS(=O)(=O)O. The first-order chi connectivity index (χ1) is 7.06. The van der Waals surface area contributed by atoms with Crippen molar-refractivity contribution in [1.29, 1.82) is 0 Å². The molecule has 0 aromatic rings. The van der Waals surface area contributed by atoms with Gasteiger partial charge in [0, 0.05) is 0 Å². The molecule has 0 unspecified atom stereocenters. The lowest BCUT2D eigenvalue weighted by Gasteiger charge is -1.98. The van der Waals surface area contributed by atoms with Gasteiger partial charge in [0.05, 0.1) is 19.0 Å². The van der Waals surface area contributed by atoms with Crippen LogP contribution in [0.15, 0.2) is 0 Å². The van der Waals surface area contributed by atoms with E-state index in [-0.39, 0.29) is 5.75 Å². The standard InChI is InChI=1S/C8H18O3S.C2H4O/c1-2-3-4-5-6-7-8-12(9,10)11;1-2-3-1/h2-8H2,1H3,(H,9,10,11);1-2H2. The summed E-state index contributed by atoms with van der Waals surface area (Å²) in [6, 6.07) is 0. The third kappa shape index (κ3) is 20.1. The molecule has 92 valence electrons. The first kappa shape index (κ1) is 14.9. The van der Waals surface area contributed by atoms with E-state index in [0.717, 1.165) is 26.1 Å². The highest BCUT2D eigenvalue weighted by Gasteiger charge is 2.02. The Morgan fingerprint density at radius 3 is 1.93 bits per heavy atom. The third-order valence-electron chi connectivity index (χ3n) is 1.96. The normalized spacial score (nSPS) is 14.3. The molecule has 1 heterocycles. The number of hydrogen-bond donors (Lipinski definition) is 1. The Balaban J connectivity index is 0.000000548. The second-order valence-electron chi connectivity index (χ2n) is 3.67. The lowest BCUT2D eigenvalue weighted by Crippen LogP contribution is -2.03. The second kappa shape index (κ2) is 9.12. The van der Waals surface area contributed by atoms with Crippen molar-refractivity contribution in [1.82, 2.24) is 0 Å². The van der Waals surface area contributed by atoms with Crippen molar-refractivity contribution in [3.63, 3.8) is 0 Å². The summed E-state index contributed by atoms with van der Waals surface area (Å²) in [5, 5.41) is 0. The van der Waals surface area contributed by atoms with Gasteiger partial charge in [0.1, 0.15) is 0 Å². The molecule has 1 rings (SSSR count). The summed E-state index contributed by atoms with van der Waals surface area (Å²) in [5.41, 5.74) is 0. The van der Waals surface area contributed by atoms with E-state index in [2.05, 4.69) is 11.7 Å². The predicted molar refractivity (Wildman–Crippen MR) is 60.6 cm³/mol. The lowest BCUT2D eigenvalue weighted by molar-refractivity contribution is 0.475. The van der Waals surface area contributed by atoms with Gasteiger partial charge in [-0.25, -0.2) is 0 Å². The van der Waals surface area contributed by atoms with Crippen molar-refractivity contribution in [2.75, 3.05) is 19.0 Å². The maximum atomic E-state index is 10.3. The third-order valence-corrected chi connectivity index (χ3v) is 2.76. The van der Waals surface area contributed by atoms with Crippen LogP contribution in [0.3, 0.4) is 0 Å². The molecule has 15 heavy (non-hydrogen) atoms. The molecule has 0 radical (unpaired) electrons. The molecule has 0 bridgehead atoms. The number of rotatable bonds is 7. The molecule has 1 fully saturated rings. The van der Waals surface area contributed by atoms with E-state index in [9.17, 15) is 8.42 Å². The van der Waals surface area contributed by atoms with Crippen LogP contribution in [0, 0.1) is 0 Å². The van der Waals surface area contributed by atoms with E-state index >= 15 is 0 Å². The van der Waals surface area contributed by atoms with Gasteiger partial charge in [-0.05, 0) is 6.42 Å². The first-order valence-corrected chi connectivity index (χ1v) is 7.20. The average Bonchev–Trinajstić information content (AvgIpc) is 2.95. The van der Waals surface area contributed by atoms with Crippen molar-refractivity contribution in [3.05, 3.63) is 0 Å². The molecule has 1 aliphatic rings. The summed E-state index contributed by atoms with van der Waals surface area (Å²) in [6.07, 6.45) is 6.14. The van der Waals surface area contributed by atoms with Gasteiger partial charge >= 0.3 is 0 Å². The van der Waals surface area contributed by atoms with E-state index < -0.39 is 10.1 Å². The summed E-state index contributed by atoms with van der Waals surface area (Å²) >= 11 is 0. The zero-order chi connectivity index (χ0) is 11.6. The minimum Gasteiger partial charge on any atom is -0.377 e. The van der Waals surface area contributed by atoms with Gasteiger partial charge < -0.3 is 4.74 Å². The van der Waals surface area contributed by atoms with Gasteiger partial charge in [-0.3, -0.25) is 4.55 Å². The van der Waals surface area contributed by atoms with E-state index in [1.54, 1.807) is 0 Å². The highest BCUT2D eigenvalue weighted by atomic mass is 32.2. The lowest BCUT2D eigenvalue weighted by atomic mass is 10.1. The fourth-order valence-electron chi connectivity index (χ4n) is 1.06. The van der Waals surface area contributed by atoms with E-state index in [1.165, 1.54) is 19.3 Å². The largest absolute Gasteiger partial charge is 0.377 e. The Morgan fingerprint density at radius 1 is 1.07 bits per heavy atom. The molecule has 0 spiro atoms. The van der Waals surface area contributed by atoms with Gasteiger partial charge in [-0.15, -0.1) is 0 Å². The molecule has 0 saturated carbocycles. The molecule has 0 amide bonds. The quantitative estimate of drug-likeness (QED) is 0.419. The fraction of sp³-hybridized carbons (Fsp3) is 1.00. The highest BCUT2D eigenvalue weighted by Crippen LogP contribution is 2.05. The first-order valence-electron chi connectivity index (χ1n) is 5.59. The van der Waals surface area contributed by atoms with Crippen LogP contribution in [0.1, 0.15) is 45.4 Å². The Bertz CT molecular complexity index is 219. The number of hydrogen-bond acceptors (Lipinski definition) is 3. The molecule has 0 aromatic carbocycles. The Labute approximate surface area is 92.8 Å². The molecule has 0 aliphatic carbocycles. The molecule has 4 nitrogen and oxygen atoms in total. The van der Waals surface area contributed by atoms with Crippen molar-refractivity contribution < 1.29 is 17.7 Å². The fourth-order valence-corrected chi connectivity index (χ4v) is 1.63. The summed E-state index contributed by atoms with van der Waals surface area (Å²) in [5.74, 6) is -0.0842. The van der Waals surface area contributed by atoms with Gasteiger partial charge in [-0.1, -0.05) is 39.0 Å². The molecule has 1 saturated heterocycles. The van der Waals surface area contributed by atoms with E-state index in [0.29, 0.717) is 6.42 Å². The molecular formula is C10H22O4S. The van der Waals surface area contributed by atoms with E-state index in [4.69, 9.17) is 4.55 Å². The molecular weight excluding hydrogens is 216 g/mol. The molecule has 1 aliphatic heterocycles. The van der Waals surface area contributed by atoms with Gasteiger partial charge in [-0.2, -0.15) is 8.42 Å². The van der Waals surface area contributed by atoms with Crippen molar-refractivity contribution in [2.45, 2.75) is 45.4 Å². The summed E-state index contributed by atoms with van der Waals surface area (Å²) in [4.78, 5) is 0. The van der Waals surface area contributed by atoms with E-state index in [1.807, 2.05) is 0 Å². The van der Waals surface area contributed by atoms with Gasteiger partial charge in [0.15, 0.2) is 0 Å². The van der Waals surface area contributed by atoms with Crippen molar-refractivity contribution >= 4 is 10.1 Å². The maximum absolute atomic E-state index is 10.3. The van der Waals surface area contributed by atoms with Crippen LogP contribution in [-0.2, 0) is 14.9 Å². The minimum absolute atomic E-state index is 0.0842. The summed E-state index contributed by atoms with van der Waals surface area (Å²) in [6.45, 7) is 4.14. The highest BCUT2D eigenvalue weighted by molar-refractivity contribution is 7.85. The zero-order valence-corrected chi connectivity index (χ0v) is 10.3. The van der Waals surface area contributed by atoms with Crippen LogP contribution in [0.25, 0.3) is 0 Å². The van der Waals surface area contributed by atoms with Crippen molar-refractivity contribution in [2.24, 2.45) is 0 Å². The Kier molecular flexibility index (Phi) is 9.04. The van der Waals surface area contributed by atoms with Gasteiger partial charge in [0.2, 0.25) is 0 Å². The van der Waals surface area contributed by atoms with Crippen LogP contribution in [0.4, 0.5) is 0 Å². The monoisotopic (exact) mass is 238 g/mol. The topological polar surface area (TPSA) is 66.9 Å². The number of unbranched alkanes of at least 4 members (excludes halogenated alkanes) is 5. The van der Waals surface area contributed by atoms with Crippen LogP contribution < -0.4 is 0 Å². The Hall–Kier alpha value is -0.130. The smallest absolute Gasteiger partial charge is 0.264 e. The van der Waals surface area contributed by atoms with Crippen molar-refractivity contribution in [3.8, 4) is 0 Å². The molecule has 0 aromatic heterocycles. The summed E-state index contributed by atoms with van der Waals surface area (Å²) in [7, 11) is -3.72. The maximum Gasteiger partial charge on any atom is 0.264 e. The molecule has 0 atom stereocenters. The van der Waals surface area contributed by atoms with Gasteiger partial charge in [0.25, 0.3) is 10.1 Å². The van der Waals surface area contributed by atoms with Crippen LogP contribution >= 0.6 is 0 Å². The van der Waals surface area contributed by atoms with Crippen LogP contribution in [0.2, 0.25) is 0 Å². The second-order valence-corrected chi connectivity index (χ2v) is 5.24. The summed E-state index contributed by atoms with van der Waals surface area (Å²) < 4.78 is 33.4. The average molecular weight is 238 g/mol.